The number of anilines is 1. The van der Waals surface area contributed by atoms with Crippen LogP contribution in [0.3, 0.4) is 0 Å². The lowest BCUT2D eigenvalue weighted by molar-refractivity contribution is 0.102. The minimum atomic E-state index is -0.472. The third-order valence-corrected chi connectivity index (χ3v) is 4.52. The summed E-state index contributed by atoms with van der Waals surface area (Å²) >= 11 is 0. The van der Waals surface area contributed by atoms with Crippen molar-refractivity contribution in [3.05, 3.63) is 76.8 Å². The van der Waals surface area contributed by atoms with Gasteiger partial charge in [0.25, 0.3) is 11.5 Å². The molecule has 0 saturated heterocycles. The van der Waals surface area contributed by atoms with E-state index in [2.05, 4.69) is 15.3 Å². The second kappa shape index (κ2) is 7.03. The summed E-state index contributed by atoms with van der Waals surface area (Å²) in [5.41, 5.74) is 3.30. The highest BCUT2D eigenvalue weighted by Crippen LogP contribution is 2.22. The molecule has 7 nitrogen and oxygen atoms in total. The molecule has 0 bridgehead atoms. The monoisotopic (exact) mass is 374 g/mol. The molecule has 7 heteroatoms. The van der Waals surface area contributed by atoms with Crippen molar-refractivity contribution in [1.82, 2.24) is 14.5 Å². The van der Waals surface area contributed by atoms with Crippen molar-refractivity contribution in [2.24, 2.45) is 7.05 Å². The maximum absolute atomic E-state index is 12.6. The fourth-order valence-corrected chi connectivity index (χ4v) is 3.01. The van der Waals surface area contributed by atoms with Gasteiger partial charge in [-0.25, -0.2) is 4.98 Å². The Kier molecular flexibility index (Phi) is 4.41. The second-order valence-corrected chi connectivity index (χ2v) is 6.36. The van der Waals surface area contributed by atoms with E-state index in [0.717, 1.165) is 16.6 Å². The zero-order chi connectivity index (χ0) is 19.7. The number of methoxy groups -OCH3 is 1. The van der Waals surface area contributed by atoms with E-state index in [1.807, 2.05) is 48.0 Å². The first-order chi connectivity index (χ1) is 13.5. The van der Waals surface area contributed by atoms with Crippen LogP contribution in [0.15, 0.2) is 65.7 Å². The third kappa shape index (κ3) is 3.25. The van der Waals surface area contributed by atoms with Crippen LogP contribution < -0.4 is 15.6 Å². The first kappa shape index (κ1) is 17.5. The highest BCUT2D eigenvalue weighted by Gasteiger charge is 2.13. The van der Waals surface area contributed by atoms with Gasteiger partial charge in [0, 0.05) is 24.0 Å². The molecule has 0 aliphatic heterocycles. The van der Waals surface area contributed by atoms with Crippen LogP contribution in [0.25, 0.3) is 22.3 Å². The van der Waals surface area contributed by atoms with Crippen LogP contribution in [0.4, 0.5) is 5.69 Å². The Morgan fingerprint density at radius 3 is 2.79 bits per heavy atom. The summed E-state index contributed by atoms with van der Waals surface area (Å²) in [7, 11) is 3.46. The minimum absolute atomic E-state index is 0.0387. The van der Waals surface area contributed by atoms with Crippen LogP contribution in [0.2, 0.25) is 0 Å². The molecule has 2 N–H and O–H groups in total. The molecule has 2 aromatic carbocycles. The largest absolute Gasteiger partial charge is 0.497 e. The number of fused-ring (bicyclic) bond motifs is 1. The normalized spacial score (nSPS) is 10.8. The predicted molar refractivity (Wildman–Crippen MR) is 108 cm³/mol. The summed E-state index contributed by atoms with van der Waals surface area (Å²) in [6.07, 6.45) is 1.71. The molecule has 0 spiro atoms. The summed E-state index contributed by atoms with van der Waals surface area (Å²) in [5, 5.41) is 2.77. The van der Waals surface area contributed by atoms with E-state index in [4.69, 9.17) is 4.74 Å². The van der Waals surface area contributed by atoms with Gasteiger partial charge in [-0.1, -0.05) is 12.1 Å². The topological polar surface area (TPSA) is 89.0 Å². The molecule has 0 radical (unpaired) electrons. The quantitative estimate of drug-likeness (QED) is 0.574. The van der Waals surface area contributed by atoms with Gasteiger partial charge in [-0.3, -0.25) is 9.59 Å². The maximum Gasteiger partial charge on any atom is 0.261 e. The number of ether oxygens (including phenoxy) is 1. The molecule has 0 fully saturated rings. The summed E-state index contributed by atoms with van der Waals surface area (Å²) in [6, 6.07) is 15.9. The summed E-state index contributed by atoms with van der Waals surface area (Å²) < 4.78 is 7.07. The van der Waals surface area contributed by atoms with Crippen LogP contribution in [-0.2, 0) is 7.05 Å². The van der Waals surface area contributed by atoms with Gasteiger partial charge in [-0.05, 0) is 42.5 Å². The molecule has 0 atom stereocenters. The van der Waals surface area contributed by atoms with Crippen LogP contribution in [0.5, 0.6) is 5.75 Å². The van der Waals surface area contributed by atoms with Crippen molar-refractivity contribution in [1.29, 1.82) is 0 Å². The van der Waals surface area contributed by atoms with Gasteiger partial charge in [0.15, 0.2) is 0 Å². The molecule has 4 aromatic rings. The fraction of sp³-hybridized carbons (Fsp3) is 0.0952. The highest BCUT2D eigenvalue weighted by atomic mass is 16.5. The molecule has 2 heterocycles. The first-order valence-electron chi connectivity index (χ1n) is 8.65. The van der Waals surface area contributed by atoms with Gasteiger partial charge >= 0.3 is 0 Å². The van der Waals surface area contributed by atoms with E-state index in [9.17, 15) is 9.59 Å². The van der Waals surface area contributed by atoms with Crippen LogP contribution in [-0.4, -0.2) is 27.6 Å². The second-order valence-electron chi connectivity index (χ2n) is 6.36. The number of aromatic nitrogens is 3. The van der Waals surface area contributed by atoms with E-state index in [1.165, 1.54) is 6.07 Å². The average molecular weight is 374 g/mol. The van der Waals surface area contributed by atoms with Crippen molar-refractivity contribution < 1.29 is 9.53 Å². The van der Waals surface area contributed by atoms with Crippen molar-refractivity contribution in [2.45, 2.75) is 0 Å². The summed E-state index contributed by atoms with van der Waals surface area (Å²) in [5.74, 6) is 0.214. The lowest BCUT2D eigenvalue weighted by Gasteiger charge is -2.08. The molecule has 140 valence electrons. The minimum Gasteiger partial charge on any atom is -0.497 e. The maximum atomic E-state index is 12.6. The van der Waals surface area contributed by atoms with E-state index < -0.39 is 11.5 Å². The molecule has 28 heavy (non-hydrogen) atoms. The predicted octanol–water partition coefficient (Wildman–Crippen LogP) is 3.19. The Morgan fingerprint density at radius 1 is 1.14 bits per heavy atom. The lowest BCUT2D eigenvalue weighted by Crippen LogP contribution is -2.23. The van der Waals surface area contributed by atoms with Crippen molar-refractivity contribution >= 4 is 22.6 Å². The Hall–Kier alpha value is -3.87. The van der Waals surface area contributed by atoms with Gasteiger partial charge in [-0.2, -0.15) is 0 Å². The Balaban J connectivity index is 1.60. The van der Waals surface area contributed by atoms with Gasteiger partial charge in [0.2, 0.25) is 0 Å². The molecule has 0 aliphatic carbocycles. The number of aromatic amines is 1. The summed E-state index contributed by atoms with van der Waals surface area (Å²) in [6.45, 7) is 0. The molecule has 1 amide bonds. The average Bonchev–Trinajstić information content (AvgIpc) is 3.08. The number of benzene rings is 2. The summed E-state index contributed by atoms with van der Waals surface area (Å²) in [4.78, 5) is 32.0. The number of nitrogens with one attached hydrogen (secondary N) is 2. The van der Waals surface area contributed by atoms with Crippen LogP contribution in [0, 0.1) is 0 Å². The zero-order valence-electron chi connectivity index (χ0n) is 15.4. The first-order valence-corrected chi connectivity index (χ1v) is 8.65. The lowest BCUT2D eigenvalue weighted by atomic mass is 10.1. The molecule has 4 rings (SSSR count). The number of amides is 1. The molecule has 0 aliphatic rings. The number of imidazole rings is 1. The van der Waals surface area contributed by atoms with E-state index in [0.29, 0.717) is 17.1 Å². The molecular weight excluding hydrogens is 356 g/mol. The molecule has 0 saturated carbocycles. The molecular formula is C21H18N4O3. The highest BCUT2D eigenvalue weighted by molar-refractivity contribution is 6.04. The Bertz CT molecular complexity index is 1240. The molecule has 2 aromatic heterocycles. The van der Waals surface area contributed by atoms with Gasteiger partial charge < -0.3 is 19.6 Å². The van der Waals surface area contributed by atoms with Crippen LogP contribution >= 0.6 is 0 Å². The zero-order valence-corrected chi connectivity index (χ0v) is 15.4. The van der Waals surface area contributed by atoms with E-state index >= 15 is 0 Å². The van der Waals surface area contributed by atoms with E-state index in [1.54, 1.807) is 25.6 Å². The Morgan fingerprint density at radius 2 is 2.00 bits per heavy atom. The third-order valence-electron chi connectivity index (χ3n) is 4.52. The number of rotatable bonds is 4. The number of aryl methyl sites for hydroxylation is 1. The SMILES string of the molecule is COc1cccc(-c2ccc(C(=O)Nc3ccc4ncn(C)c4c3)c(=O)[nH]2)c1. The number of carbonyl (C=O) groups is 1. The Labute approximate surface area is 160 Å². The van der Waals surface area contributed by atoms with E-state index in [-0.39, 0.29) is 5.56 Å². The van der Waals surface area contributed by atoms with Gasteiger partial charge in [0.1, 0.15) is 11.3 Å². The van der Waals surface area contributed by atoms with Crippen LogP contribution in [0.1, 0.15) is 10.4 Å². The number of pyridine rings is 1. The van der Waals surface area contributed by atoms with Crippen molar-refractivity contribution in [3.63, 3.8) is 0 Å². The molecule has 0 unspecified atom stereocenters. The van der Waals surface area contributed by atoms with Crippen molar-refractivity contribution in [3.8, 4) is 17.0 Å². The van der Waals surface area contributed by atoms with Gasteiger partial charge in [-0.15, -0.1) is 0 Å². The van der Waals surface area contributed by atoms with Crippen molar-refractivity contribution in [2.75, 3.05) is 12.4 Å². The number of hydrogen-bond acceptors (Lipinski definition) is 4. The number of carbonyl (C=O) groups excluding carboxylic acids is 1. The number of H-pyrrole nitrogens is 1. The fourth-order valence-electron chi connectivity index (χ4n) is 3.01. The van der Waals surface area contributed by atoms with Gasteiger partial charge in [0.05, 0.1) is 24.5 Å². The smallest absolute Gasteiger partial charge is 0.261 e. The standard InChI is InChI=1S/C21H18N4O3/c1-25-12-22-18-8-6-14(11-19(18)25)23-20(26)16-7-9-17(24-21(16)27)13-4-3-5-15(10-13)28-2/h3-12H,1-2H3,(H,23,26)(H,24,27). The number of nitrogens with zero attached hydrogens (tertiary/aromatic N) is 2. The number of hydrogen-bond donors (Lipinski definition) is 2.